The normalized spacial score (nSPS) is 11.2. The molecular formula is C19H20F3NO3. The first-order chi connectivity index (χ1) is 12.4. The van der Waals surface area contributed by atoms with E-state index >= 15 is 0 Å². The van der Waals surface area contributed by atoms with Gasteiger partial charge in [-0.15, -0.1) is 0 Å². The van der Waals surface area contributed by atoms with E-state index < -0.39 is 12.8 Å². The lowest BCUT2D eigenvalue weighted by molar-refractivity contribution is -0.176. The Morgan fingerprint density at radius 2 is 1.69 bits per heavy atom. The Hall–Kier alpha value is -2.54. The summed E-state index contributed by atoms with van der Waals surface area (Å²) in [6, 6.07) is 14.1. The van der Waals surface area contributed by atoms with E-state index in [0.29, 0.717) is 17.9 Å². The van der Waals surface area contributed by atoms with Crippen LogP contribution >= 0.6 is 0 Å². The third-order valence-corrected chi connectivity index (χ3v) is 3.59. The number of methoxy groups -OCH3 is 1. The molecule has 0 radical (unpaired) electrons. The van der Waals surface area contributed by atoms with Gasteiger partial charge in [0.1, 0.15) is 12.4 Å². The molecule has 2 aromatic carbocycles. The van der Waals surface area contributed by atoms with Crippen molar-refractivity contribution in [2.24, 2.45) is 0 Å². The van der Waals surface area contributed by atoms with Crippen molar-refractivity contribution in [1.29, 1.82) is 0 Å². The van der Waals surface area contributed by atoms with E-state index in [-0.39, 0.29) is 18.9 Å². The van der Waals surface area contributed by atoms with Gasteiger partial charge in [-0.3, -0.25) is 4.79 Å². The summed E-state index contributed by atoms with van der Waals surface area (Å²) in [6.45, 7) is -1.05. The van der Waals surface area contributed by atoms with Gasteiger partial charge in [-0.05, 0) is 17.2 Å². The van der Waals surface area contributed by atoms with Crippen molar-refractivity contribution in [3.63, 3.8) is 0 Å². The molecule has 0 saturated carbocycles. The lowest BCUT2D eigenvalue weighted by atomic mass is 10.1. The third kappa shape index (κ3) is 6.76. The number of para-hydroxylation sites is 1. The summed E-state index contributed by atoms with van der Waals surface area (Å²) >= 11 is 0. The summed E-state index contributed by atoms with van der Waals surface area (Å²) in [5.74, 6) is 0.512. The maximum Gasteiger partial charge on any atom is 0.411 e. The number of halogens is 3. The first-order valence-electron chi connectivity index (χ1n) is 7.98. The van der Waals surface area contributed by atoms with E-state index in [2.05, 4.69) is 10.1 Å². The van der Waals surface area contributed by atoms with E-state index in [1.54, 1.807) is 37.4 Å². The Morgan fingerprint density at radius 3 is 2.35 bits per heavy atom. The molecule has 0 unspecified atom stereocenters. The van der Waals surface area contributed by atoms with Crippen molar-refractivity contribution in [2.75, 3.05) is 13.7 Å². The molecule has 1 N–H and O–H groups in total. The van der Waals surface area contributed by atoms with E-state index in [1.165, 1.54) is 0 Å². The first-order valence-corrected chi connectivity index (χ1v) is 7.98. The van der Waals surface area contributed by atoms with E-state index in [0.717, 1.165) is 11.1 Å². The zero-order valence-corrected chi connectivity index (χ0v) is 14.3. The lowest BCUT2D eigenvalue weighted by Crippen LogP contribution is -2.24. The fraction of sp³-hybridized carbons (Fsp3) is 0.316. The average Bonchev–Trinajstić information content (AvgIpc) is 2.60. The minimum absolute atomic E-state index is 0.111. The number of benzene rings is 2. The maximum atomic E-state index is 12.1. The molecule has 0 aliphatic rings. The van der Waals surface area contributed by atoms with E-state index in [9.17, 15) is 18.0 Å². The summed E-state index contributed by atoms with van der Waals surface area (Å²) in [7, 11) is 1.55. The Morgan fingerprint density at radius 1 is 1.04 bits per heavy atom. The predicted octanol–water partition coefficient (Wildman–Crippen LogP) is 3.63. The predicted molar refractivity (Wildman–Crippen MR) is 90.7 cm³/mol. The molecule has 0 saturated heterocycles. The standard InChI is InChI=1S/C19H20F3NO3/c1-25-17-5-3-2-4-16(17)10-18(24)23-11-14-6-8-15(9-7-14)12-26-13-19(20,21)22/h2-9H,10-13H2,1H3,(H,23,24). The van der Waals surface area contributed by atoms with E-state index in [1.807, 2.05) is 18.2 Å². The number of alkyl halides is 3. The van der Waals surface area contributed by atoms with Crippen molar-refractivity contribution in [3.05, 3.63) is 65.2 Å². The van der Waals surface area contributed by atoms with Crippen molar-refractivity contribution in [3.8, 4) is 5.75 Å². The van der Waals surface area contributed by atoms with Crippen LogP contribution in [-0.4, -0.2) is 25.8 Å². The van der Waals surface area contributed by atoms with Gasteiger partial charge in [0.15, 0.2) is 0 Å². The number of carbonyl (C=O) groups excluding carboxylic acids is 1. The van der Waals surface area contributed by atoms with Crippen molar-refractivity contribution in [1.82, 2.24) is 5.32 Å². The molecule has 0 spiro atoms. The van der Waals surface area contributed by atoms with Crippen LogP contribution in [0.4, 0.5) is 13.2 Å². The Balaban J connectivity index is 1.79. The van der Waals surface area contributed by atoms with Gasteiger partial charge in [-0.2, -0.15) is 13.2 Å². The number of rotatable bonds is 8. The second-order valence-corrected chi connectivity index (χ2v) is 5.69. The molecule has 7 heteroatoms. The smallest absolute Gasteiger partial charge is 0.411 e. The topological polar surface area (TPSA) is 47.6 Å². The molecule has 4 nitrogen and oxygen atoms in total. The van der Waals surface area contributed by atoms with Crippen molar-refractivity contribution in [2.45, 2.75) is 25.7 Å². The molecule has 0 fully saturated rings. The highest BCUT2D eigenvalue weighted by Gasteiger charge is 2.27. The molecule has 140 valence electrons. The van der Waals surface area contributed by atoms with Gasteiger partial charge in [0.25, 0.3) is 0 Å². The second-order valence-electron chi connectivity index (χ2n) is 5.69. The Labute approximate surface area is 149 Å². The summed E-state index contributed by atoms with van der Waals surface area (Å²) in [4.78, 5) is 12.1. The summed E-state index contributed by atoms with van der Waals surface area (Å²) < 4.78 is 45.9. The van der Waals surface area contributed by atoms with Crippen LogP contribution in [0, 0.1) is 0 Å². The molecule has 2 aromatic rings. The molecule has 0 atom stereocenters. The largest absolute Gasteiger partial charge is 0.496 e. The lowest BCUT2D eigenvalue weighted by Gasteiger charge is -2.10. The average molecular weight is 367 g/mol. The van der Waals surface area contributed by atoms with Crippen LogP contribution in [0.3, 0.4) is 0 Å². The number of hydrogen-bond acceptors (Lipinski definition) is 3. The molecular weight excluding hydrogens is 347 g/mol. The fourth-order valence-electron chi connectivity index (χ4n) is 2.32. The van der Waals surface area contributed by atoms with Gasteiger partial charge in [-0.1, -0.05) is 42.5 Å². The molecule has 2 rings (SSSR count). The first kappa shape index (κ1) is 19.8. The molecule has 0 heterocycles. The molecule has 0 aromatic heterocycles. The molecule has 26 heavy (non-hydrogen) atoms. The SMILES string of the molecule is COc1ccccc1CC(=O)NCc1ccc(COCC(F)(F)F)cc1. The van der Waals surface area contributed by atoms with Gasteiger partial charge < -0.3 is 14.8 Å². The van der Waals surface area contributed by atoms with Gasteiger partial charge >= 0.3 is 6.18 Å². The van der Waals surface area contributed by atoms with E-state index in [4.69, 9.17) is 4.74 Å². The Kier molecular flexibility index (Phi) is 7.03. The second kappa shape index (κ2) is 9.24. The number of amides is 1. The monoisotopic (exact) mass is 367 g/mol. The number of ether oxygens (including phenoxy) is 2. The quantitative estimate of drug-likeness (QED) is 0.775. The van der Waals surface area contributed by atoms with Gasteiger partial charge in [-0.25, -0.2) is 0 Å². The zero-order valence-electron chi connectivity index (χ0n) is 14.3. The Bertz CT molecular complexity index is 715. The highest BCUT2D eigenvalue weighted by Crippen LogP contribution is 2.18. The highest BCUT2D eigenvalue weighted by atomic mass is 19.4. The molecule has 0 aliphatic carbocycles. The number of nitrogens with one attached hydrogen (secondary N) is 1. The van der Waals surface area contributed by atoms with Crippen LogP contribution in [0.25, 0.3) is 0 Å². The van der Waals surface area contributed by atoms with Crippen molar-refractivity contribution < 1.29 is 27.4 Å². The fourth-order valence-corrected chi connectivity index (χ4v) is 2.32. The zero-order chi connectivity index (χ0) is 19.0. The minimum Gasteiger partial charge on any atom is -0.496 e. The summed E-state index contributed by atoms with van der Waals surface area (Å²) in [6.07, 6.45) is -4.13. The third-order valence-electron chi connectivity index (χ3n) is 3.59. The van der Waals surface area contributed by atoms with Crippen LogP contribution in [0.1, 0.15) is 16.7 Å². The molecule has 0 bridgehead atoms. The maximum absolute atomic E-state index is 12.1. The van der Waals surface area contributed by atoms with Crippen LogP contribution in [-0.2, 0) is 29.1 Å². The molecule has 1 amide bonds. The van der Waals surface area contributed by atoms with Gasteiger partial charge in [0.2, 0.25) is 5.91 Å². The minimum atomic E-state index is -4.33. The van der Waals surface area contributed by atoms with Crippen molar-refractivity contribution >= 4 is 5.91 Å². The summed E-state index contributed by atoms with van der Waals surface area (Å²) in [5, 5.41) is 2.81. The number of carbonyl (C=O) groups is 1. The number of hydrogen-bond donors (Lipinski definition) is 1. The van der Waals surface area contributed by atoms with Crippen LogP contribution in [0.5, 0.6) is 5.75 Å². The van der Waals surface area contributed by atoms with Crippen LogP contribution in [0.2, 0.25) is 0 Å². The summed E-state index contributed by atoms with van der Waals surface area (Å²) in [5.41, 5.74) is 2.28. The van der Waals surface area contributed by atoms with Crippen LogP contribution < -0.4 is 10.1 Å². The van der Waals surface area contributed by atoms with Gasteiger partial charge in [0.05, 0.1) is 20.1 Å². The van der Waals surface area contributed by atoms with Crippen LogP contribution in [0.15, 0.2) is 48.5 Å². The molecule has 0 aliphatic heterocycles. The van der Waals surface area contributed by atoms with Gasteiger partial charge in [0, 0.05) is 12.1 Å². The highest BCUT2D eigenvalue weighted by molar-refractivity contribution is 5.79.